The van der Waals surface area contributed by atoms with E-state index < -0.39 is 0 Å². The maximum Gasteiger partial charge on any atom is 0.240 e. The van der Waals surface area contributed by atoms with E-state index in [1.165, 1.54) is 0 Å². The third kappa shape index (κ3) is 6.50. The van der Waals surface area contributed by atoms with Gasteiger partial charge in [0.25, 0.3) is 0 Å². The number of nitrogens with zero attached hydrogens (tertiary/aromatic N) is 1. The molecular formula is C24H24N2O3. The Morgan fingerprint density at radius 2 is 1.62 bits per heavy atom. The standard InChI is InChI=1S/C24H24N2O3/c1-28-23-16-21(12-14-22(23)29-18-20-10-6-3-7-11-20)17-25-26-24(27)15-13-19-8-4-2-5-9-19/h2-12,14,16-17H,13,15,18H2,1H3,(H,26,27)/b25-17-. The molecule has 0 unspecified atom stereocenters. The SMILES string of the molecule is COc1cc(/C=N\NC(=O)CCc2ccccc2)ccc1OCc1ccccc1. The van der Waals surface area contributed by atoms with Crippen LogP contribution < -0.4 is 14.9 Å². The van der Waals surface area contributed by atoms with E-state index in [-0.39, 0.29) is 5.91 Å². The van der Waals surface area contributed by atoms with Crippen molar-refractivity contribution in [2.75, 3.05) is 7.11 Å². The maximum atomic E-state index is 11.9. The molecule has 1 N–H and O–H groups in total. The molecule has 0 radical (unpaired) electrons. The topological polar surface area (TPSA) is 59.9 Å². The van der Waals surface area contributed by atoms with E-state index in [2.05, 4.69) is 10.5 Å². The minimum atomic E-state index is -0.125. The van der Waals surface area contributed by atoms with Crippen LogP contribution in [-0.4, -0.2) is 19.2 Å². The summed E-state index contributed by atoms with van der Waals surface area (Å²) in [6, 6.07) is 25.4. The summed E-state index contributed by atoms with van der Waals surface area (Å²) in [7, 11) is 1.59. The quantitative estimate of drug-likeness (QED) is 0.438. The second-order valence-electron chi connectivity index (χ2n) is 6.46. The Hall–Kier alpha value is -3.60. The van der Waals surface area contributed by atoms with Gasteiger partial charge in [0.1, 0.15) is 6.61 Å². The van der Waals surface area contributed by atoms with Crippen LogP contribution in [0.1, 0.15) is 23.1 Å². The van der Waals surface area contributed by atoms with E-state index in [0.717, 1.165) is 16.7 Å². The molecule has 0 heterocycles. The minimum absolute atomic E-state index is 0.125. The van der Waals surface area contributed by atoms with Gasteiger partial charge in [-0.1, -0.05) is 60.7 Å². The van der Waals surface area contributed by atoms with Crippen molar-refractivity contribution in [2.24, 2.45) is 5.10 Å². The van der Waals surface area contributed by atoms with Crippen molar-refractivity contribution in [2.45, 2.75) is 19.4 Å². The molecule has 5 heteroatoms. The van der Waals surface area contributed by atoms with Crippen molar-refractivity contribution in [1.29, 1.82) is 0 Å². The molecule has 0 saturated heterocycles. The molecule has 0 aromatic heterocycles. The highest BCUT2D eigenvalue weighted by Gasteiger charge is 2.06. The average Bonchev–Trinajstić information content (AvgIpc) is 2.78. The van der Waals surface area contributed by atoms with Crippen LogP contribution in [0.3, 0.4) is 0 Å². The van der Waals surface area contributed by atoms with Crippen molar-refractivity contribution < 1.29 is 14.3 Å². The summed E-state index contributed by atoms with van der Waals surface area (Å²) in [6.45, 7) is 0.460. The fourth-order valence-corrected chi connectivity index (χ4v) is 2.76. The first-order valence-corrected chi connectivity index (χ1v) is 9.45. The van der Waals surface area contributed by atoms with Gasteiger partial charge in [-0.15, -0.1) is 0 Å². The fraction of sp³-hybridized carbons (Fsp3) is 0.167. The highest BCUT2D eigenvalue weighted by Crippen LogP contribution is 2.28. The maximum absolute atomic E-state index is 11.9. The number of nitrogens with one attached hydrogen (secondary N) is 1. The molecule has 0 fully saturated rings. The molecule has 0 aliphatic carbocycles. The van der Waals surface area contributed by atoms with Crippen molar-refractivity contribution in [3.63, 3.8) is 0 Å². The minimum Gasteiger partial charge on any atom is -0.493 e. The number of methoxy groups -OCH3 is 1. The number of hydrogen-bond donors (Lipinski definition) is 1. The zero-order chi connectivity index (χ0) is 20.3. The first-order chi connectivity index (χ1) is 14.2. The third-order valence-electron chi connectivity index (χ3n) is 4.31. The summed E-state index contributed by atoms with van der Waals surface area (Å²) in [6.07, 6.45) is 2.66. The Morgan fingerprint density at radius 1 is 0.931 bits per heavy atom. The number of carbonyl (C=O) groups excluding carboxylic acids is 1. The Morgan fingerprint density at radius 3 is 2.31 bits per heavy atom. The number of ether oxygens (including phenoxy) is 2. The number of benzene rings is 3. The van der Waals surface area contributed by atoms with Crippen LogP contribution in [0.5, 0.6) is 11.5 Å². The lowest BCUT2D eigenvalue weighted by Crippen LogP contribution is -2.17. The van der Waals surface area contributed by atoms with E-state index in [9.17, 15) is 4.79 Å². The Kier molecular flexibility index (Phi) is 7.41. The van der Waals surface area contributed by atoms with Gasteiger partial charge in [-0.3, -0.25) is 4.79 Å². The monoisotopic (exact) mass is 388 g/mol. The van der Waals surface area contributed by atoms with Crippen molar-refractivity contribution in [3.05, 3.63) is 95.6 Å². The van der Waals surface area contributed by atoms with E-state index in [4.69, 9.17) is 9.47 Å². The summed E-state index contributed by atoms with van der Waals surface area (Å²) in [5, 5.41) is 4.03. The summed E-state index contributed by atoms with van der Waals surface area (Å²) < 4.78 is 11.3. The highest BCUT2D eigenvalue weighted by molar-refractivity contribution is 5.83. The zero-order valence-corrected chi connectivity index (χ0v) is 16.4. The molecule has 3 rings (SSSR count). The average molecular weight is 388 g/mol. The molecule has 0 atom stereocenters. The van der Waals surface area contributed by atoms with Crippen molar-refractivity contribution >= 4 is 12.1 Å². The van der Waals surface area contributed by atoms with Crippen LogP contribution in [0.25, 0.3) is 0 Å². The van der Waals surface area contributed by atoms with Crippen molar-refractivity contribution in [1.82, 2.24) is 5.43 Å². The van der Waals surface area contributed by atoms with Gasteiger partial charge >= 0.3 is 0 Å². The van der Waals surface area contributed by atoms with E-state index in [1.54, 1.807) is 13.3 Å². The van der Waals surface area contributed by atoms with Gasteiger partial charge in [0, 0.05) is 6.42 Å². The fourth-order valence-electron chi connectivity index (χ4n) is 2.76. The molecule has 0 aliphatic rings. The second kappa shape index (κ2) is 10.7. The lowest BCUT2D eigenvalue weighted by atomic mass is 10.1. The van der Waals surface area contributed by atoms with E-state index in [1.807, 2.05) is 78.9 Å². The van der Waals surface area contributed by atoms with Crippen molar-refractivity contribution in [3.8, 4) is 11.5 Å². The van der Waals surface area contributed by atoms with Gasteiger partial charge < -0.3 is 9.47 Å². The van der Waals surface area contributed by atoms with Crippen LogP contribution in [0.15, 0.2) is 84.0 Å². The molecular weight excluding hydrogens is 364 g/mol. The van der Waals surface area contributed by atoms with Crippen LogP contribution in [0, 0.1) is 0 Å². The van der Waals surface area contributed by atoms with Gasteiger partial charge in [-0.05, 0) is 41.3 Å². The first-order valence-electron chi connectivity index (χ1n) is 9.45. The molecule has 1 amide bonds. The van der Waals surface area contributed by atoms with E-state index >= 15 is 0 Å². The molecule has 148 valence electrons. The molecule has 3 aromatic rings. The molecule has 0 saturated carbocycles. The first kappa shape index (κ1) is 20.1. The molecule has 3 aromatic carbocycles. The van der Waals surface area contributed by atoms with Crippen LogP contribution in [0.2, 0.25) is 0 Å². The molecule has 0 aliphatic heterocycles. The predicted octanol–water partition coefficient (Wildman–Crippen LogP) is 4.36. The normalized spacial score (nSPS) is 10.7. The van der Waals surface area contributed by atoms with Gasteiger partial charge in [0.15, 0.2) is 11.5 Å². The number of rotatable bonds is 9. The molecule has 29 heavy (non-hydrogen) atoms. The van der Waals surface area contributed by atoms with Crippen LogP contribution in [-0.2, 0) is 17.8 Å². The van der Waals surface area contributed by atoms with Gasteiger partial charge in [0.2, 0.25) is 5.91 Å². The summed E-state index contributed by atoms with van der Waals surface area (Å²) in [5.41, 5.74) is 5.57. The Bertz CT molecular complexity index is 941. The third-order valence-corrected chi connectivity index (χ3v) is 4.31. The summed E-state index contributed by atoms with van der Waals surface area (Å²) >= 11 is 0. The number of hydrogen-bond acceptors (Lipinski definition) is 4. The highest BCUT2D eigenvalue weighted by atomic mass is 16.5. The predicted molar refractivity (Wildman–Crippen MR) is 114 cm³/mol. The summed E-state index contributed by atoms with van der Waals surface area (Å²) in [5.74, 6) is 1.14. The number of aryl methyl sites for hydroxylation is 1. The summed E-state index contributed by atoms with van der Waals surface area (Å²) in [4.78, 5) is 11.9. The molecule has 0 bridgehead atoms. The number of hydrazone groups is 1. The van der Waals surface area contributed by atoms with Gasteiger partial charge in [0.05, 0.1) is 13.3 Å². The Balaban J connectivity index is 1.51. The van der Waals surface area contributed by atoms with E-state index in [0.29, 0.717) is 30.9 Å². The zero-order valence-electron chi connectivity index (χ0n) is 16.4. The van der Waals surface area contributed by atoms with Crippen LogP contribution >= 0.6 is 0 Å². The smallest absolute Gasteiger partial charge is 0.240 e. The lowest BCUT2D eigenvalue weighted by Gasteiger charge is -2.11. The molecule has 0 spiro atoms. The molecule has 5 nitrogen and oxygen atoms in total. The Labute approximate surface area is 171 Å². The second-order valence-corrected chi connectivity index (χ2v) is 6.46. The van der Waals surface area contributed by atoms with Gasteiger partial charge in [-0.25, -0.2) is 5.43 Å². The van der Waals surface area contributed by atoms with Gasteiger partial charge in [-0.2, -0.15) is 5.10 Å². The number of carbonyl (C=O) groups is 1. The number of amides is 1. The largest absolute Gasteiger partial charge is 0.493 e. The lowest BCUT2D eigenvalue weighted by molar-refractivity contribution is -0.121. The van der Waals surface area contributed by atoms with Crippen LogP contribution in [0.4, 0.5) is 0 Å².